The number of nitrogens with zero attached hydrogens (tertiary/aromatic N) is 4. The van der Waals surface area contributed by atoms with Gasteiger partial charge < -0.3 is 4.42 Å². The number of hydrogen-bond acceptors (Lipinski definition) is 5. The SMILES string of the molecule is CC(C)c1ccccc1-c1ncc2c(n1)N(Cc1ccc(-c3ncco3)cc1)C(=O)C2. The fourth-order valence-electron chi connectivity index (χ4n) is 3.93. The predicted octanol–water partition coefficient (Wildman–Crippen LogP) is 5.01. The molecule has 0 fully saturated rings. The number of carbonyl (C=O) groups is 1. The molecule has 31 heavy (non-hydrogen) atoms. The lowest BCUT2D eigenvalue weighted by Crippen LogP contribution is -2.26. The van der Waals surface area contributed by atoms with Gasteiger partial charge >= 0.3 is 0 Å². The Labute approximate surface area is 180 Å². The Morgan fingerprint density at radius 3 is 2.61 bits per heavy atom. The minimum atomic E-state index is 0.0374. The van der Waals surface area contributed by atoms with Crippen LogP contribution in [-0.4, -0.2) is 20.9 Å². The van der Waals surface area contributed by atoms with Crippen LogP contribution in [0.3, 0.4) is 0 Å². The van der Waals surface area contributed by atoms with Crippen molar-refractivity contribution >= 4 is 11.7 Å². The van der Waals surface area contributed by atoms with Gasteiger partial charge in [-0.1, -0.05) is 50.2 Å². The lowest BCUT2D eigenvalue weighted by Gasteiger charge is -2.18. The normalized spacial score (nSPS) is 13.1. The van der Waals surface area contributed by atoms with Gasteiger partial charge in [-0.2, -0.15) is 0 Å². The lowest BCUT2D eigenvalue weighted by molar-refractivity contribution is -0.117. The molecule has 2 aromatic heterocycles. The molecule has 0 atom stereocenters. The zero-order valence-corrected chi connectivity index (χ0v) is 17.4. The van der Waals surface area contributed by atoms with E-state index in [9.17, 15) is 4.79 Å². The second-order valence-electron chi connectivity index (χ2n) is 7.98. The quantitative estimate of drug-likeness (QED) is 0.462. The zero-order chi connectivity index (χ0) is 21.4. The van der Waals surface area contributed by atoms with Crippen molar-refractivity contribution in [1.29, 1.82) is 0 Å². The van der Waals surface area contributed by atoms with Crippen LogP contribution in [0.4, 0.5) is 5.82 Å². The molecule has 0 unspecified atom stereocenters. The van der Waals surface area contributed by atoms with Gasteiger partial charge in [0, 0.05) is 22.9 Å². The van der Waals surface area contributed by atoms with E-state index in [0.29, 0.717) is 36.4 Å². The van der Waals surface area contributed by atoms with Crippen molar-refractivity contribution < 1.29 is 9.21 Å². The van der Waals surface area contributed by atoms with E-state index in [1.807, 2.05) is 42.5 Å². The van der Waals surface area contributed by atoms with E-state index in [1.165, 1.54) is 5.56 Å². The van der Waals surface area contributed by atoms with E-state index in [4.69, 9.17) is 9.40 Å². The molecular weight excluding hydrogens is 388 g/mol. The van der Waals surface area contributed by atoms with Gasteiger partial charge in [-0.25, -0.2) is 15.0 Å². The molecule has 0 saturated heterocycles. The third-order valence-electron chi connectivity index (χ3n) is 5.54. The Hall–Kier alpha value is -3.80. The van der Waals surface area contributed by atoms with Gasteiger partial charge in [-0.15, -0.1) is 0 Å². The molecule has 2 aromatic carbocycles. The number of oxazole rings is 1. The first kappa shape index (κ1) is 19.2. The highest BCUT2D eigenvalue weighted by Gasteiger charge is 2.30. The molecule has 3 heterocycles. The number of hydrogen-bond donors (Lipinski definition) is 0. The van der Waals surface area contributed by atoms with Gasteiger partial charge in [-0.05, 0) is 29.2 Å². The molecule has 0 spiro atoms. The van der Waals surface area contributed by atoms with E-state index in [-0.39, 0.29) is 5.91 Å². The highest BCUT2D eigenvalue weighted by atomic mass is 16.3. The van der Waals surface area contributed by atoms with E-state index < -0.39 is 0 Å². The molecule has 6 nitrogen and oxygen atoms in total. The smallest absolute Gasteiger partial charge is 0.233 e. The second kappa shape index (κ2) is 7.80. The summed E-state index contributed by atoms with van der Waals surface area (Å²) < 4.78 is 5.35. The minimum Gasteiger partial charge on any atom is -0.445 e. The molecule has 0 N–H and O–H groups in total. The largest absolute Gasteiger partial charge is 0.445 e. The first-order chi connectivity index (χ1) is 15.1. The number of benzene rings is 2. The molecule has 1 aliphatic rings. The maximum Gasteiger partial charge on any atom is 0.233 e. The van der Waals surface area contributed by atoms with Gasteiger partial charge in [0.15, 0.2) is 5.82 Å². The molecule has 1 aliphatic heterocycles. The Kier molecular flexibility index (Phi) is 4.82. The Morgan fingerprint density at radius 2 is 1.87 bits per heavy atom. The van der Waals surface area contributed by atoms with E-state index in [1.54, 1.807) is 23.6 Å². The summed E-state index contributed by atoms with van der Waals surface area (Å²) in [6, 6.07) is 16.1. The summed E-state index contributed by atoms with van der Waals surface area (Å²) in [6.07, 6.45) is 5.30. The molecule has 154 valence electrons. The van der Waals surface area contributed by atoms with Crippen LogP contribution >= 0.6 is 0 Å². The molecule has 1 amide bonds. The van der Waals surface area contributed by atoms with Gasteiger partial charge in [-0.3, -0.25) is 9.69 Å². The van der Waals surface area contributed by atoms with Crippen LogP contribution < -0.4 is 4.90 Å². The first-order valence-corrected chi connectivity index (χ1v) is 10.3. The van der Waals surface area contributed by atoms with Crippen LogP contribution in [0, 0.1) is 0 Å². The van der Waals surface area contributed by atoms with Gasteiger partial charge in [0.05, 0.1) is 19.2 Å². The highest BCUT2D eigenvalue weighted by Crippen LogP contribution is 2.32. The summed E-state index contributed by atoms with van der Waals surface area (Å²) in [4.78, 5) is 28.1. The number of amides is 1. The second-order valence-corrected chi connectivity index (χ2v) is 7.98. The fraction of sp³-hybridized carbons (Fsp3) is 0.200. The number of rotatable bonds is 5. The Bertz CT molecular complexity index is 1230. The molecular formula is C25H22N4O2. The van der Waals surface area contributed by atoms with Crippen molar-refractivity contribution in [3.8, 4) is 22.8 Å². The van der Waals surface area contributed by atoms with Crippen LogP contribution in [0.5, 0.6) is 0 Å². The summed E-state index contributed by atoms with van der Waals surface area (Å²) in [5, 5.41) is 0. The monoisotopic (exact) mass is 410 g/mol. The highest BCUT2D eigenvalue weighted by molar-refractivity contribution is 6.00. The molecule has 5 rings (SSSR count). The van der Waals surface area contributed by atoms with Crippen LogP contribution in [0.1, 0.15) is 36.5 Å². The number of aromatic nitrogens is 3. The van der Waals surface area contributed by atoms with Gasteiger partial charge in [0.25, 0.3) is 0 Å². The predicted molar refractivity (Wildman–Crippen MR) is 118 cm³/mol. The van der Waals surface area contributed by atoms with Gasteiger partial charge in [0.2, 0.25) is 11.8 Å². The fourth-order valence-corrected chi connectivity index (χ4v) is 3.93. The van der Waals surface area contributed by atoms with Crippen molar-refractivity contribution in [2.75, 3.05) is 4.90 Å². The van der Waals surface area contributed by atoms with Crippen molar-refractivity contribution in [2.24, 2.45) is 0 Å². The van der Waals surface area contributed by atoms with Crippen LogP contribution in [0.25, 0.3) is 22.8 Å². The van der Waals surface area contributed by atoms with Crippen LogP contribution in [0.15, 0.2) is 71.6 Å². The molecule has 0 radical (unpaired) electrons. The minimum absolute atomic E-state index is 0.0374. The molecule has 6 heteroatoms. The number of anilines is 1. The molecule has 4 aromatic rings. The summed E-state index contributed by atoms with van der Waals surface area (Å²) >= 11 is 0. The van der Waals surface area contributed by atoms with E-state index in [0.717, 1.165) is 22.3 Å². The van der Waals surface area contributed by atoms with Crippen LogP contribution in [-0.2, 0) is 17.8 Å². The lowest BCUT2D eigenvalue weighted by atomic mass is 9.97. The average Bonchev–Trinajstić information content (AvgIpc) is 3.43. The maximum atomic E-state index is 12.7. The van der Waals surface area contributed by atoms with E-state index in [2.05, 4.69) is 29.9 Å². The molecule has 0 saturated carbocycles. The summed E-state index contributed by atoms with van der Waals surface area (Å²) in [7, 11) is 0. The standard InChI is InChI=1S/C25H22N4O2/c1-16(2)20-5-3-4-6-21(20)23-27-14-19-13-22(30)29(24(19)28-23)15-17-7-9-18(10-8-17)25-26-11-12-31-25/h3-12,14,16H,13,15H2,1-2H3. The summed E-state index contributed by atoms with van der Waals surface area (Å²) in [6.45, 7) is 4.77. The number of fused-ring (bicyclic) bond motifs is 1. The van der Waals surface area contributed by atoms with Crippen molar-refractivity contribution in [3.05, 3.63) is 83.9 Å². The number of carbonyl (C=O) groups excluding carboxylic acids is 1. The molecule has 0 aliphatic carbocycles. The van der Waals surface area contributed by atoms with Crippen molar-refractivity contribution in [2.45, 2.75) is 32.7 Å². The van der Waals surface area contributed by atoms with Crippen molar-refractivity contribution in [1.82, 2.24) is 15.0 Å². The summed E-state index contributed by atoms with van der Waals surface area (Å²) in [5.74, 6) is 2.33. The Balaban J connectivity index is 1.45. The van der Waals surface area contributed by atoms with Crippen LogP contribution in [0.2, 0.25) is 0 Å². The topological polar surface area (TPSA) is 72.1 Å². The third-order valence-corrected chi connectivity index (χ3v) is 5.54. The zero-order valence-electron chi connectivity index (χ0n) is 17.4. The Morgan fingerprint density at radius 1 is 1.06 bits per heavy atom. The van der Waals surface area contributed by atoms with Crippen molar-refractivity contribution in [3.63, 3.8) is 0 Å². The summed E-state index contributed by atoms with van der Waals surface area (Å²) in [5.41, 5.74) is 4.98. The van der Waals surface area contributed by atoms with E-state index >= 15 is 0 Å². The maximum absolute atomic E-state index is 12.7. The average molecular weight is 410 g/mol. The molecule has 0 bridgehead atoms. The third kappa shape index (κ3) is 3.61. The van der Waals surface area contributed by atoms with Gasteiger partial charge in [0.1, 0.15) is 12.1 Å². The first-order valence-electron chi connectivity index (χ1n) is 10.3.